The monoisotopic (exact) mass is 501 g/mol. The van der Waals surface area contributed by atoms with Crippen molar-refractivity contribution in [2.75, 3.05) is 13.6 Å². The maximum Gasteiger partial charge on any atom is 0.145 e. The van der Waals surface area contributed by atoms with E-state index >= 15 is 0 Å². The molecule has 0 spiro atoms. The van der Waals surface area contributed by atoms with Crippen LogP contribution in [0.5, 0.6) is 11.5 Å². The number of hydrogen-bond acceptors (Lipinski definition) is 6. The Labute approximate surface area is 220 Å². The Hall–Kier alpha value is -3.18. The average Bonchev–Trinajstić information content (AvgIpc) is 3.28. The van der Waals surface area contributed by atoms with Crippen LogP contribution in [-0.4, -0.2) is 39.4 Å². The highest BCUT2D eigenvalue weighted by Gasteiger charge is 2.42. The van der Waals surface area contributed by atoms with Gasteiger partial charge in [-0.1, -0.05) is 44.4 Å². The zero-order valence-electron chi connectivity index (χ0n) is 22.4. The van der Waals surface area contributed by atoms with Crippen LogP contribution < -0.4 is 10.5 Å². The summed E-state index contributed by atoms with van der Waals surface area (Å²) in [4.78, 5) is 6.29. The Morgan fingerprint density at radius 3 is 2.76 bits per heavy atom. The zero-order valence-corrected chi connectivity index (χ0v) is 22.4. The van der Waals surface area contributed by atoms with E-state index in [1.807, 2.05) is 55.9 Å². The number of rotatable bonds is 8. The van der Waals surface area contributed by atoms with Crippen molar-refractivity contribution >= 4 is 0 Å². The minimum absolute atomic E-state index is 0.365. The summed E-state index contributed by atoms with van der Waals surface area (Å²) in [7, 11) is 3.92. The summed E-state index contributed by atoms with van der Waals surface area (Å²) in [5.41, 5.74) is 8.76. The predicted octanol–water partition coefficient (Wildman–Crippen LogP) is 5.17. The van der Waals surface area contributed by atoms with E-state index in [0.717, 1.165) is 61.9 Å². The molecule has 1 aromatic heterocycles. The number of aliphatic hydroxyl groups excluding tert-OH is 1. The van der Waals surface area contributed by atoms with E-state index in [-0.39, 0.29) is 5.41 Å². The van der Waals surface area contributed by atoms with Crippen LogP contribution in [-0.2, 0) is 18.0 Å². The van der Waals surface area contributed by atoms with Gasteiger partial charge in [0.1, 0.15) is 23.8 Å². The molecular formula is C30H39N5O2. The van der Waals surface area contributed by atoms with Crippen molar-refractivity contribution in [3.05, 3.63) is 77.4 Å². The summed E-state index contributed by atoms with van der Waals surface area (Å²) in [6, 6.07) is 15.7. The van der Waals surface area contributed by atoms with Crippen LogP contribution in [0, 0.1) is 11.3 Å². The highest BCUT2D eigenvalue weighted by atomic mass is 16.5. The first-order valence-electron chi connectivity index (χ1n) is 13.2. The molecular weight excluding hydrogens is 462 g/mol. The Balaban J connectivity index is 1.72. The normalized spacial score (nSPS) is 22.1. The fraction of sp³-hybridized carbons (Fsp3) is 0.467. The molecule has 4 rings (SSSR count). The molecule has 7 heteroatoms. The van der Waals surface area contributed by atoms with Crippen molar-refractivity contribution in [2.45, 2.75) is 69.6 Å². The molecule has 0 saturated carbocycles. The number of ether oxygens (including phenoxy) is 1. The number of benzene rings is 2. The van der Waals surface area contributed by atoms with Gasteiger partial charge in [0.2, 0.25) is 0 Å². The molecule has 3 unspecified atom stereocenters. The lowest BCUT2D eigenvalue weighted by Gasteiger charge is -2.41. The maximum absolute atomic E-state index is 11.5. The number of nitrogens with zero attached hydrogens (tertiary/aromatic N) is 4. The Bertz CT molecular complexity index is 1260. The third-order valence-corrected chi connectivity index (χ3v) is 7.96. The molecule has 0 aliphatic carbocycles. The van der Waals surface area contributed by atoms with Crippen LogP contribution in [0.2, 0.25) is 0 Å². The van der Waals surface area contributed by atoms with Gasteiger partial charge in [-0.25, -0.2) is 4.98 Å². The highest BCUT2D eigenvalue weighted by molar-refractivity contribution is 5.50. The van der Waals surface area contributed by atoms with Crippen LogP contribution in [0.15, 0.2) is 55.0 Å². The largest absolute Gasteiger partial charge is 0.456 e. The number of likely N-dealkylation sites (N-methyl/N-ethyl adjacent to an activating group) is 1. The molecule has 1 saturated heterocycles. The molecule has 0 amide bonds. The number of likely N-dealkylation sites (tertiary alicyclic amines) is 1. The van der Waals surface area contributed by atoms with Crippen molar-refractivity contribution in [3.63, 3.8) is 0 Å². The summed E-state index contributed by atoms with van der Waals surface area (Å²) in [6.07, 6.45) is 9.01. The molecule has 7 nitrogen and oxygen atoms in total. The Morgan fingerprint density at radius 1 is 1.24 bits per heavy atom. The Morgan fingerprint density at radius 2 is 2.05 bits per heavy atom. The van der Waals surface area contributed by atoms with E-state index in [9.17, 15) is 10.4 Å². The molecule has 3 atom stereocenters. The number of nitriles is 1. The fourth-order valence-corrected chi connectivity index (χ4v) is 5.68. The molecule has 0 radical (unpaired) electrons. The topological polar surface area (TPSA) is 100 Å². The highest BCUT2D eigenvalue weighted by Crippen LogP contribution is 2.43. The van der Waals surface area contributed by atoms with Crippen LogP contribution in [0.25, 0.3) is 0 Å². The molecule has 196 valence electrons. The molecule has 37 heavy (non-hydrogen) atoms. The molecule has 2 heterocycles. The summed E-state index contributed by atoms with van der Waals surface area (Å²) in [5.74, 6) is 1.09. The summed E-state index contributed by atoms with van der Waals surface area (Å²) in [5, 5.41) is 21.3. The molecule has 0 bridgehead atoms. The van der Waals surface area contributed by atoms with Gasteiger partial charge in [-0.2, -0.15) is 5.26 Å². The van der Waals surface area contributed by atoms with Crippen molar-refractivity contribution in [2.24, 2.45) is 12.8 Å². The number of hydrogen-bond donors (Lipinski definition) is 2. The third-order valence-electron chi connectivity index (χ3n) is 7.96. The van der Waals surface area contributed by atoms with Crippen LogP contribution in [0.3, 0.4) is 0 Å². The van der Waals surface area contributed by atoms with Gasteiger partial charge in [0.25, 0.3) is 0 Å². The molecule has 1 aliphatic heterocycles. The van der Waals surface area contributed by atoms with Gasteiger partial charge in [-0.3, -0.25) is 4.90 Å². The zero-order chi connectivity index (χ0) is 26.6. The average molecular weight is 502 g/mol. The second kappa shape index (κ2) is 11.1. The molecule has 2 aromatic carbocycles. The lowest BCUT2D eigenvalue weighted by molar-refractivity contribution is -0.0409. The lowest BCUT2D eigenvalue weighted by atomic mass is 9.71. The fourth-order valence-electron chi connectivity index (χ4n) is 5.68. The number of aromatic nitrogens is 2. The minimum atomic E-state index is -0.821. The first-order valence-corrected chi connectivity index (χ1v) is 13.2. The smallest absolute Gasteiger partial charge is 0.145 e. The van der Waals surface area contributed by atoms with Gasteiger partial charge >= 0.3 is 0 Å². The third kappa shape index (κ3) is 5.28. The van der Waals surface area contributed by atoms with E-state index in [1.165, 1.54) is 0 Å². The lowest BCUT2D eigenvalue weighted by Crippen LogP contribution is -2.48. The second-order valence-corrected chi connectivity index (χ2v) is 10.6. The SMILES string of the molecule is CCCCC1(c2cccc(Oc3cc(C(C)(N)c4cncn4C)ccc3C#N)c2)CCCCN(C)C1O. The molecule has 1 fully saturated rings. The van der Waals surface area contributed by atoms with Crippen LogP contribution >= 0.6 is 0 Å². The number of imidazole rings is 1. The van der Waals surface area contributed by atoms with Crippen molar-refractivity contribution in [1.29, 1.82) is 5.26 Å². The number of aryl methyl sites for hydroxylation is 1. The van der Waals surface area contributed by atoms with Gasteiger partial charge in [0.15, 0.2) is 0 Å². The summed E-state index contributed by atoms with van der Waals surface area (Å²) >= 11 is 0. The van der Waals surface area contributed by atoms with E-state index in [2.05, 4.69) is 28.9 Å². The number of nitrogens with two attached hydrogens (primary N) is 1. The summed E-state index contributed by atoms with van der Waals surface area (Å²) in [6.45, 7) is 5.00. The molecule has 3 aromatic rings. The quantitative estimate of drug-likeness (QED) is 0.442. The second-order valence-electron chi connectivity index (χ2n) is 10.6. The van der Waals surface area contributed by atoms with Crippen molar-refractivity contribution in [3.8, 4) is 17.6 Å². The van der Waals surface area contributed by atoms with Gasteiger partial charge in [-0.15, -0.1) is 0 Å². The standard InChI is InChI=1S/C30H39N5O2/c1-5-6-14-30(15-7-8-16-34(3)28(30)36)24-10-9-11-25(17-24)37-26-18-23(13-12-22(26)19-31)29(2,32)27-20-33-21-35(27)4/h9-13,17-18,20-21,28,36H,5-8,14-16,32H2,1-4H3. The van der Waals surface area contributed by atoms with Crippen LogP contribution in [0.4, 0.5) is 0 Å². The minimum Gasteiger partial charge on any atom is -0.456 e. The van der Waals surface area contributed by atoms with Gasteiger partial charge in [-0.05, 0) is 68.6 Å². The predicted molar refractivity (Wildman–Crippen MR) is 145 cm³/mol. The van der Waals surface area contributed by atoms with Crippen molar-refractivity contribution < 1.29 is 9.84 Å². The maximum atomic E-state index is 11.5. The summed E-state index contributed by atoms with van der Waals surface area (Å²) < 4.78 is 8.26. The van der Waals surface area contributed by atoms with Crippen LogP contribution in [0.1, 0.15) is 74.8 Å². The first kappa shape index (κ1) is 26.9. The van der Waals surface area contributed by atoms with Gasteiger partial charge in [0, 0.05) is 19.0 Å². The Kier molecular flexibility index (Phi) is 8.03. The number of aliphatic hydroxyl groups is 1. The molecule has 3 N–H and O–H groups in total. The number of unbranched alkanes of at least 4 members (excludes halogenated alkanes) is 1. The first-order chi connectivity index (χ1) is 17.7. The van der Waals surface area contributed by atoms with Crippen molar-refractivity contribution in [1.82, 2.24) is 14.5 Å². The van der Waals surface area contributed by atoms with E-state index in [1.54, 1.807) is 18.6 Å². The van der Waals surface area contributed by atoms with E-state index in [0.29, 0.717) is 17.1 Å². The van der Waals surface area contributed by atoms with E-state index < -0.39 is 11.8 Å². The van der Waals surface area contributed by atoms with E-state index in [4.69, 9.17) is 10.5 Å². The van der Waals surface area contributed by atoms with Gasteiger partial charge in [0.05, 0.1) is 29.3 Å². The van der Waals surface area contributed by atoms with Gasteiger partial charge < -0.3 is 20.1 Å². The molecule has 1 aliphatic rings.